The maximum absolute atomic E-state index is 10.6. The predicted octanol–water partition coefficient (Wildman–Crippen LogP) is -0.236. The van der Waals surface area contributed by atoms with Crippen LogP contribution in [0.4, 0.5) is 0 Å². The molecule has 0 aromatic carbocycles. The van der Waals surface area contributed by atoms with Crippen LogP contribution in [-0.4, -0.2) is 55.1 Å². The minimum Gasteiger partial charge on any atom is -0.480 e. The lowest BCUT2D eigenvalue weighted by molar-refractivity contribution is -0.280. The molecule has 1 aliphatic heterocycles. The molecular weight excluding hydrogens is 174 g/mol. The van der Waals surface area contributed by atoms with E-state index in [4.69, 9.17) is 14.6 Å². The average molecular weight is 189 g/mol. The first-order chi connectivity index (χ1) is 6.04. The van der Waals surface area contributed by atoms with Gasteiger partial charge in [0.15, 0.2) is 5.79 Å². The van der Waals surface area contributed by atoms with Crippen molar-refractivity contribution in [2.45, 2.75) is 18.8 Å². The Hall–Kier alpha value is -0.650. The van der Waals surface area contributed by atoms with Crippen molar-refractivity contribution in [3.05, 3.63) is 0 Å². The van der Waals surface area contributed by atoms with Gasteiger partial charge in [0.25, 0.3) is 0 Å². The molecule has 0 spiro atoms. The molecule has 0 aromatic rings. The summed E-state index contributed by atoms with van der Waals surface area (Å²) in [5.41, 5.74) is 0. The lowest BCUT2D eigenvalue weighted by Gasteiger charge is -2.49. The van der Waals surface area contributed by atoms with Crippen LogP contribution in [0.15, 0.2) is 0 Å². The van der Waals surface area contributed by atoms with Gasteiger partial charge in [-0.1, -0.05) is 0 Å². The molecule has 0 saturated carbocycles. The van der Waals surface area contributed by atoms with Gasteiger partial charge in [-0.15, -0.1) is 0 Å². The van der Waals surface area contributed by atoms with E-state index in [0.29, 0.717) is 13.1 Å². The van der Waals surface area contributed by atoms with E-state index in [1.165, 1.54) is 0 Å². The van der Waals surface area contributed by atoms with Crippen molar-refractivity contribution in [3.63, 3.8) is 0 Å². The van der Waals surface area contributed by atoms with E-state index in [1.807, 2.05) is 0 Å². The van der Waals surface area contributed by atoms with Crippen LogP contribution in [0.1, 0.15) is 6.92 Å². The van der Waals surface area contributed by atoms with E-state index < -0.39 is 17.8 Å². The van der Waals surface area contributed by atoms with E-state index in [1.54, 1.807) is 26.0 Å². The minimum absolute atomic E-state index is 0.474. The summed E-state index contributed by atoms with van der Waals surface area (Å²) in [6.45, 7) is 2.67. The van der Waals surface area contributed by atoms with Crippen molar-refractivity contribution < 1.29 is 19.4 Å². The lowest BCUT2D eigenvalue weighted by Crippen LogP contribution is -2.67. The third-order valence-electron chi connectivity index (χ3n) is 2.54. The van der Waals surface area contributed by atoms with E-state index in [2.05, 4.69) is 0 Å². The molecule has 5 nitrogen and oxygen atoms in total. The topological polar surface area (TPSA) is 59.0 Å². The molecule has 0 bridgehead atoms. The van der Waals surface area contributed by atoms with Crippen LogP contribution in [0, 0.1) is 0 Å². The van der Waals surface area contributed by atoms with Gasteiger partial charge in [0, 0.05) is 14.2 Å². The summed E-state index contributed by atoms with van der Waals surface area (Å²) in [6.07, 6.45) is 0. The molecule has 0 amide bonds. The lowest BCUT2D eigenvalue weighted by atomic mass is 10.0. The van der Waals surface area contributed by atoms with Crippen molar-refractivity contribution >= 4 is 5.97 Å². The van der Waals surface area contributed by atoms with Crippen LogP contribution in [0.25, 0.3) is 0 Å². The molecule has 1 unspecified atom stereocenters. The van der Waals surface area contributed by atoms with Gasteiger partial charge >= 0.3 is 5.97 Å². The van der Waals surface area contributed by atoms with Gasteiger partial charge in [-0.3, -0.25) is 9.69 Å². The van der Waals surface area contributed by atoms with Crippen LogP contribution < -0.4 is 0 Å². The van der Waals surface area contributed by atoms with Gasteiger partial charge in [0.1, 0.15) is 6.04 Å². The Bertz CT molecular complexity index is 194. The molecule has 1 fully saturated rings. The zero-order valence-electron chi connectivity index (χ0n) is 8.11. The maximum Gasteiger partial charge on any atom is 0.320 e. The number of hydrogen-bond donors (Lipinski definition) is 1. The molecule has 1 saturated heterocycles. The van der Waals surface area contributed by atoms with Crippen molar-refractivity contribution in [2.75, 3.05) is 27.3 Å². The number of nitrogens with zero attached hydrogens (tertiary/aromatic N) is 1. The van der Waals surface area contributed by atoms with Crippen LogP contribution in [0.5, 0.6) is 0 Å². The van der Waals surface area contributed by atoms with E-state index in [9.17, 15) is 4.79 Å². The van der Waals surface area contributed by atoms with Crippen LogP contribution >= 0.6 is 0 Å². The molecule has 1 aliphatic rings. The van der Waals surface area contributed by atoms with Gasteiger partial charge in [-0.05, 0) is 6.92 Å². The van der Waals surface area contributed by atoms with Crippen LogP contribution in [0.2, 0.25) is 0 Å². The number of rotatable bonds is 4. The van der Waals surface area contributed by atoms with Gasteiger partial charge in [0.05, 0.1) is 13.1 Å². The van der Waals surface area contributed by atoms with Crippen molar-refractivity contribution in [3.8, 4) is 0 Å². The Balaban J connectivity index is 2.44. The first-order valence-electron chi connectivity index (χ1n) is 4.12. The molecule has 76 valence electrons. The summed E-state index contributed by atoms with van der Waals surface area (Å²) < 4.78 is 10.3. The Morgan fingerprint density at radius 3 is 2.23 bits per heavy atom. The quantitative estimate of drug-likeness (QED) is 0.619. The first-order valence-corrected chi connectivity index (χ1v) is 4.12. The number of hydrogen-bond acceptors (Lipinski definition) is 4. The number of carboxylic acid groups (broad SMARTS) is 1. The summed E-state index contributed by atoms with van der Waals surface area (Å²) >= 11 is 0. The SMILES string of the molecule is COC1(OC)CN(C(C)C(=O)O)C1. The number of ether oxygens (including phenoxy) is 2. The summed E-state index contributed by atoms with van der Waals surface area (Å²) in [4.78, 5) is 12.4. The highest BCUT2D eigenvalue weighted by molar-refractivity contribution is 5.73. The zero-order valence-corrected chi connectivity index (χ0v) is 8.11. The highest BCUT2D eigenvalue weighted by atomic mass is 16.7. The molecule has 0 radical (unpaired) electrons. The molecule has 13 heavy (non-hydrogen) atoms. The zero-order chi connectivity index (χ0) is 10.1. The van der Waals surface area contributed by atoms with Crippen LogP contribution in [0.3, 0.4) is 0 Å². The number of carbonyl (C=O) groups is 1. The fraction of sp³-hybridized carbons (Fsp3) is 0.875. The molecule has 5 heteroatoms. The number of methoxy groups -OCH3 is 2. The third-order valence-corrected chi connectivity index (χ3v) is 2.54. The van der Waals surface area contributed by atoms with Gasteiger partial charge in [-0.2, -0.15) is 0 Å². The monoisotopic (exact) mass is 189 g/mol. The Morgan fingerprint density at radius 1 is 1.46 bits per heavy atom. The normalized spacial score (nSPS) is 23.6. The van der Waals surface area contributed by atoms with E-state index in [0.717, 1.165) is 0 Å². The minimum atomic E-state index is -0.819. The molecule has 0 aromatic heterocycles. The summed E-state index contributed by atoms with van der Waals surface area (Å²) in [5, 5.41) is 8.71. The molecule has 1 N–H and O–H groups in total. The summed E-state index contributed by atoms with van der Waals surface area (Å²) in [5.74, 6) is -1.41. The highest BCUT2D eigenvalue weighted by Crippen LogP contribution is 2.26. The van der Waals surface area contributed by atoms with Gasteiger partial charge < -0.3 is 14.6 Å². The second-order valence-electron chi connectivity index (χ2n) is 3.24. The van der Waals surface area contributed by atoms with E-state index >= 15 is 0 Å². The van der Waals surface area contributed by atoms with Crippen molar-refractivity contribution in [1.82, 2.24) is 4.90 Å². The smallest absolute Gasteiger partial charge is 0.320 e. The van der Waals surface area contributed by atoms with Gasteiger partial charge in [-0.25, -0.2) is 0 Å². The molecule has 1 atom stereocenters. The number of carboxylic acids is 1. The second kappa shape index (κ2) is 3.61. The highest BCUT2D eigenvalue weighted by Gasteiger charge is 2.46. The largest absolute Gasteiger partial charge is 0.480 e. The predicted molar refractivity (Wildman–Crippen MR) is 45.4 cm³/mol. The second-order valence-corrected chi connectivity index (χ2v) is 3.24. The molecule has 1 heterocycles. The number of likely N-dealkylation sites (tertiary alicyclic amines) is 1. The maximum atomic E-state index is 10.6. The molecular formula is C8H15NO4. The van der Waals surface area contributed by atoms with Crippen LogP contribution in [-0.2, 0) is 14.3 Å². The Morgan fingerprint density at radius 2 is 1.92 bits per heavy atom. The van der Waals surface area contributed by atoms with Gasteiger partial charge in [0.2, 0.25) is 0 Å². The summed E-state index contributed by atoms with van der Waals surface area (Å²) in [6, 6.07) is -0.474. The van der Waals surface area contributed by atoms with Crippen molar-refractivity contribution in [1.29, 1.82) is 0 Å². The van der Waals surface area contributed by atoms with E-state index in [-0.39, 0.29) is 0 Å². The fourth-order valence-corrected chi connectivity index (χ4v) is 1.34. The fourth-order valence-electron chi connectivity index (χ4n) is 1.34. The Labute approximate surface area is 77.2 Å². The summed E-state index contributed by atoms with van der Waals surface area (Å²) in [7, 11) is 3.12. The third kappa shape index (κ3) is 1.82. The Kier molecular flexibility index (Phi) is 2.90. The average Bonchev–Trinajstić information content (AvgIpc) is 2.04. The molecule has 1 rings (SSSR count). The first kappa shape index (κ1) is 10.4. The standard InChI is InChI=1S/C8H15NO4/c1-6(7(10)11)9-4-8(5-9,12-2)13-3/h6H,4-5H2,1-3H3,(H,10,11). The number of aliphatic carboxylic acids is 1. The van der Waals surface area contributed by atoms with Crippen molar-refractivity contribution in [2.24, 2.45) is 0 Å². The molecule has 0 aliphatic carbocycles.